The van der Waals surface area contributed by atoms with Crippen LogP contribution in [0.25, 0.3) is 0 Å². The van der Waals surface area contributed by atoms with Crippen molar-refractivity contribution in [2.75, 3.05) is 12.4 Å². The van der Waals surface area contributed by atoms with Crippen molar-refractivity contribution in [2.24, 2.45) is 5.92 Å². The van der Waals surface area contributed by atoms with Gasteiger partial charge in [-0.15, -0.1) is 0 Å². The molecule has 0 aliphatic rings. The minimum atomic E-state index is -3.15. The number of sulfonamides is 1. The van der Waals surface area contributed by atoms with Crippen molar-refractivity contribution in [1.82, 2.24) is 4.72 Å². The van der Waals surface area contributed by atoms with Crippen molar-refractivity contribution in [3.63, 3.8) is 0 Å². The number of aliphatic hydroxyl groups is 1. The first-order valence-corrected chi connectivity index (χ1v) is 6.19. The van der Waals surface area contributed by atoms with Gasteiger partial charge >= 0.3 is 0 Å². The lowest BCUT2D eigenvalue weighted by atomic mass is 10.0. The fraction of sp³-hybridized carbons (Fsp3) is 1.00. The maximum Gasteiger partial charge on any atom is 0.211 e. The summed E-state index contributed by atoms with van der Waals surface area (Å²) in [6.45, 7) is 5.46. The average Bonchev–Trinajstić information content (AvgIpc) is 2.03. The van der Waals surface area contributed by atoms with E-state index in [0.29, 0.717) is 6.42 Å². The van der Waals surface area contributed by atoms with Crippen LogP contribution >= 0.6 is 0 Å². The van der Waals surface area contributed by atoms with Crippen molar-refractivity contribution in [1.29, 1.82) is 0 Å². The Kier molecular flexibility index (Phi) is 5.51. The highest BCUT2D eigenvalue weighted by molar-refractivity contribution is 7.89. The van der Waals surface area contributed by atoms with Gasteiger partial charge in [0, 0.05) is 12.6 Å². The maximum atomic E-state index is 11.2. The molecule has 0 saturated carbocycles. The first-order valence-electron chi connectivity index (χ1n) is 4.53. The third-order valence-corrected chi connectivity index (χ3v) is 3.38. The van der Waals surface area contributed by atoms with Gasteiger partial charge in [-0.25, -0.2) is 13.1 Å². The molecule has 0 rings (SSSR count). The molecule has 0 aromatic rings. The quantitative estimate of drug-likeness (QED) is 0.662. The summed E-state index contributed by atoms with van der Waals surface area (Å²) in [7, 11) is -3.15. The highest BCUT2D eigenvalue weighted by atomic mass is 32.2. The molecule has 2 N–H and O–H groups in total. The molecular weight excluding hydrogens is 190 g/mol. The minimum absolute atomic E-state index is 0.00901. The highest BCUT2D eigenvalue weighted by Crippen LogP contribution is 2.06. The van der Waals surface area contributed by atoms with Gasteiger partial charge in [-0.2, -0.15) is 0 Å². The first kappa shape index (κ1) is 12.9. The SMILES string of the molecule is CCS(=O)(=O)NC(CCO)C(C)C. The molecular formula is C8H19NO3S. The van der Waals surface area contributed by atoms with Gasteiger partial charge in [0.25, 0.3) is 0 Å². The van der Waals surface area contributed by atoms with Crippen LogP contribution < -0.4 is 4.72 Å². The number of rotatable bonds is 6. The van der Waals surface area contributed by atoms with Crippen molar-refractivity contribution in [3.8, 4) is 0 Å². The van der Waals surface area contributed by atoms with Gasteiger partial charge in [-0.3, -0.25) is 0 Å². The highest BCUT2D eigenvalue weighted by Gasteiger charge is 2.18. The fourth-order valence-electron chi connectivity index (χ4n) is 0.981. The predicted octanol–water partition coefficient (Wildman–Crippen LogP) is 0.333. The van der Waals surface area contributed by atoms with Gasteiger partial charge in [0.1, 0.15) is 0 Å². The third kappa shape index (κ3) is 5.23. The summed E-state index contributed by atoms with van der Waals surface area (Å²) in [6.07, 6.45) is 0.469. The zero-order valence-electron chi connectivity index (χ0n) is 8.45. The van der Waals surface area contributed by atoms with Crippen LogP contribution in [0, 0.1) is 5.92 Å². The molecule has 4 nitrogen and oxygen atoms in total. The Hall–Kier alpha value is -0.130. The van der Waals surface area contributed by atoms with Crippen molar-refractivity contribution in [2.45, 2.75) is 33.2 Å². The zero-order valence-corrected chi connectivity index (χ0v) is 9.26. The second-order valence-corrected chi connectivity index (χ2v) is 5.43. The summed E-state index contributed by atoms with van der Waals surface area (Å²) in [4.78, 5) is 0. The zero-order chi connectivity index (χ0) is 10.5. The summed E-state index contributed by atoms with van der Waals surface area (Å²) in [5.74, 6) is 0.287. The van der Waals surface area contributed by atoms with E-state index in [1.807, 2.05) is 13.8 Å². The van der Waals surface area contributed by atoms with Gasteiger partial charge in [0.2, 0.25) is 10.0 Å². The molecule has 0 saturated heterocycles. The van der Waals surface area contributed by atoms with Crippen LogP contribution in [0.3, 0.4) is 0 Å². The van der Waals surface area contributed by atoms with Gasteiger partial charge in [-0.05, 0) is 19.3 Å². The molecule has 0 aromatic heterocycles. The Balaban J connectivity index is 4.26. The van der Waals surface area contributed by atoms with Crippen LogP contribution in [-0.2, 0) is 10.0 Å². The summed E-state index contributed by atoms with van der Waals surface area (Å²) < 4.78 is 24.9. The van der Waals surface area contributed by atoms with E-state index in [4.69, 9.17) is 5.11 Å². The van der Waals surface area contributed by atoms with Crippen LogP contribution in [0.5, 0.6) is 0 Å². The molecule has 0 fully saturated rings. The summed E-state index contributed by atoms with van der Waals surface area (Å²) >= 11 is 0. The molecule has 0 spiro atoms. The Morgan fingerprint density at radius 1 is 1.38 bits per heavy atom. The molecule has 0 amide bonds. The van der Waals surface area contributed by atoms with E-state index in [1.165, 1.54) is 0 Å². The Morgan fingerprint density at radius 3 is 2.23 bits per heavy atom. The van der Waals surface area contributed by atoms with Crippen LogP contribution in [0.2, 0.25) is 0 Å². The number of hydrogen-bond acceptors (Lipinski definition) is 3. The molecule has 1 unspecified atom stereocenters. The summed E-state index contributed by atoms with van der Waals surface area (Å²) in [5.41, 5.74) is 0. The number of hydrogen-bond donors (Lipinski definition) is 2. The molecule has 0 bridgehead atoms. The van der Waals surface area contributed by atoms with Gasteiger partial charge in [0.15, 0.2) is 0 Å². The molecule has 0 radical (unpaired) electrons. The number of nitrogens with one attached hydrogen (secondary N) is 1. The van der Waals surface area contributed by atoms with Crippen molar-refractivity contribution >= 4 is 10.0 Å². The largest absolute Gasteiger partial charge is 0.396 e. The van der Waals surface area contributed by atoms with E-state index in [2.05, 4.69) is 4.72 Å². The van der Waals surface area contributed by atoms with E-state index < -0.39 is 10.0 Å². The predicted molar refractivity (Wildman–Crippen MR) is 52.9 cm³/mol. The minimum Gasteiger partial charge on any atom is -0.396 e. The Bertz CT molecular complexity index is 224. The summed E-state index contributed by atoms with van der Waals surface area (Å²) in [5, 5.41) is 8.72. The fourth-order valence-corrected chi connectivity index (χ4v) is 2.00. The Labute approximate surface area is 80.4 Å². The average molecular weight is 209 g/mol. The van der Waals surface area contributed by atoms with Gasteiger partial charge < -0.3 is 5.11 Å². The van der Waals surface area contributed by atoms with E-state index in [1.54, 1.807) is 6.92 Å². The topological polar surface area (TPSA) is 66.4 Å². The second-order valence-electron chi connectivity index (χ2n) is 3.38. The van der Waals surface area contributed by atoms with E-state index in [0.717, 1.165) is 0 Å². The summed E-state index contributed by atoms with van der Waals surface area (Å²) in [6, 6.07) is -0.157. The van der Waals surface area contributed by atoms with Crippen LogP contribution in [0.4, 0.5) is 0 Å². The van der Waals surface area contributed by atoms with Crippen LogP contribution in [-0.4, -0.2) is 31.9 Å². The molecule has 0 aromatic carbocycles. The van der Waals surface area contributed by atoms with Crippen molar-refractivity contribution < 1.29 is 13.5 Å². The standard InChI is InChI=1S/C8H19NO3S/c1-4-13(11,12)9-8(5-6-10)7(2)3/h7-10H,4-6H2,1-3H3. The Morgan fingerprint density at radius 2 is 1.92 bits per heavy atom. The molecule has 13 heavy (non-hydrogen) atoms. The normalized spacial score (nSPS) is 14.8. The molecule has 0 aliphatic heterocycles. The van der Waals surface area contributed by atoms with Gasteiger partial charge in [0.05, 0.1) is 5.75 Å². The van der Waals surface area contributed by atoms with E-state index in [9.17, 15) is 8.42 Å². The molecule has 1 atom stereocenters. The molecule has 0 aliphatic carbocycles. The lowest BCUT2D eigenvalue weighted by Gasteiger charge is -2.20. The smallest absolute Gasteiger partial charge is 0.211 e. The maximum absolute atomic E-state index is 11.2. The molecule has 80 valence electrons. The van der Waals surface area contributed by atoms with E-state index >= 15 is 0 Å². The second kappa shape index (κ2) is 5.57. The molecule has 0 heterocycles. The van der Waals surface area contributed by atoms with Crippen LogP contribution in [0.1, 0.15) is 27.2 Å². The third-order valence-electron chi connectivity index (χ3n) is 1.96. The monoisotopic (exact) mass is 209 g/mol. The van der Waals surface area contributed by atoms with E-state index in [-0.39, 0.29) is 24.3 Å². The molecule has 5 heteroatoms. The number of aliphatic hydroxyl groups excluding tert-OH is 1. The lowest BCUT2D eigenvalue weighted by molar-refractivity contribution is 0.256. The van der Waals surface area contributed by atoms with Gasteiger partial charge in [-0.1, -0.05) is 13.8 Å². The lowest BCUT2D eigenvalue weighted by Crippen LogP contribution is -2.39. The van der Waals surface area contributed by atoms with Crippen molar-refractivity contribution in [3.05, 3.63) is 0 Å². The first-order chi connectivity index (χ1) is 5.93. The van der Waals surface area contributed by atoms with Crippen LogP contribution in [0.15, 0.2) is 0 Å².